The number of rotatable bonds is 7. The molecule has 0 aliphatic carbocycles. The van der Waals surface area contributed by atoms with Crippen molar-refractivity contribution in [2.75, 3.05) is 38.2 Å². The molecule has 1 amide bonds. The van der Waals surface area contributed by atoms with Crippen LogP contribution in [0.25, 0.3) is 0 Å². The molecule has 2 fully saturated rings. The summed E-state index contributed by atoms with van der Waals surface area (Å²) in [6.45, 7) is -0.921. The number of likely N-dealkylation sites (tertiary alicyclic amines) is 1. The van der Waals surface area contributed by atoms with Crippen molar-refractivity contribution in [1.29, 1.82) is 0 Å². The Bertz CT molecular complexity index is 761. The first-order valence-corrected chi connectivity index (χ1v) is 10.5. The maximum absolute atomic E-state index is 12.9. The minimum absolute atomic E-state index is 0.0129. The minimum Gasteiger partial charge on any atom is -0.493 e. The van der Waals surface area contributed by atoms with E-state index in [-0.39, 0.29) is 29.9 Å². The average Bonchev–Trinajstić information content (AvgIpc) is 3.16. The molecule has 1 aromatic rings. The van der Waals surface area contributed by atoms with E-state index in [1.807, 2.05) is 21.6 Å². The third-order valence-corrected chi connectivity index (χ3v) is 6.07. The molecule has 1 atom stereocenters. The van der Waals surface area contributed by atoms with Crippen LogP contribution in [0.2, 0.25) is 0 Å². The number of benzene rings is 1. The number of hydrogen-bond donors (Lipinski definition) is 0. The number of amides is 1. The summed E-state index contributed by atoms with van der Waals surface area (Å²) >= 11 is 1.82. The fourth-order valence-electron chi connectivity index (χ4n) is 3.74. The Hall–Kier alpha value is -2.14. The van der Waals surface area contributed by atoms with E-state index in [1.165, 1.54) is 13.2 Å². The van der Waals surface area contributed by atoms with Gasteiger partial charge in [-0.2, -0.15) is 20.5 Å². The van der Waals surface area contributed by atoms with Gasteiger partial charge in [0.1, 0.15) is 0 Å². The molecule has 3 rings (SSSR count). The third-order valence-electron chi connectivity index (χ3n) is 5.12. The van der Waals surface area contributed by atoms with Gasteiger partial charge in [0, 0.05) is 36.7 Å². The number of carbonyl (C=O) groups is 1. The fraction of sp³-hybridized carbons (Fsp3) is 0.611. The first-order valence-electron chi connectivity index (χ1n) is 9.31. The number of thioether (sulfide) groups is 1. The number of nitrogens with zero attached hydrogens (tertiary/aromatic N) is 3. The van der Waals surface area contributed by atoms with Crippen molar-refractivity contribution in [3.8, 4) is 11.5 Å². The Balaban J connectivity index is 1.83. The zero-order valence-corrected chi connectivity index (χ0v) is 16.8. The average molecular weight is 431 g/mol. The number of ether oxygens (including phenoxy) is 2. The lowest BCUT2D eigenvalue weighted by Crippen LogP contribution is -2.48. The van der Waals surface area contributed by atoms with Gasteiger partial charge in [-0.1, -0.05) is 0 Å². The summed E-state index contributed by atoms with van der Waals surface area (Å²) in [5.41, 5.74) is -0.0451. The molecule has 8 nitrogen and oxygen atoms in total. The lowest BCUT2D eigenvalue weighted by Gasteiger charge is -2.32. The third kappa shape index (κ3) is 5.08. The smallest absolute Gasteiger partial charge is 0.387 e. The van der Waals surface area contributed by atoms with Gasteiger partial charge in [0.2, 0.25) is 5.91 Å². The van der Waals surface area contributed by atoms with Crippen LogP contribution in [-0.4, -0.2) is 71.5 Å². The van der Waals surface area contributed by atoms with E-state index in [4.69, 9.17) is 4.74 Å². The van der Waals surface area contributed by atoms with Crippen molar-refractivity contribution in [2.24, 2.45) is 0 Å². The summed E-state index contributed by atoms with van der Waals surface area (Å²) in [4.78, 5) is 27.6. The summed E-state index contributed by atoms with van der Waals surface area (Å²) in [6.07, 6.45) is 1.51. The van der Waals surface area contributed by atoms with Crippen LogP contribution >= 0.6 is 11.8 Å². The normalized spacial score (nSPS) is 20.1. The van der Waals surface area contributed by atoms with E-state index >= 15 is 0 Å². The predicted octanol–water partition coefficient (Wildman–Crippen LogP) is 2.74. The van der Waals surface area contributed by atoms with Gasteiger partial charge in [-0.3, -0.25) is 19.8 Å². The number of alkyl halides is 2. The molecule has 2 heterocycles. The fourth-order valence-corrected chi connectivity index (χ4v) is 4.65. The van der Waals surface area contributed by atoms with Crippen molar-refractivity contribution < 1.29 is 28.0 Å². The summed E-state index contributed by atoms with van der Waals surface area (Å²) in [5.74, 6) is 1.47. The van der Waals surface area contributed by atoms with Gasteiger partial charge >= 0.3 is 6.61 Å². The number of halogens is 2. The van der Waals surface area contributed by atoms with Crippen LogP contribution in [0, 0.1) is 10.1 Å². The molecule has 0 radical (unpaired) electrons. The Kier molecular flexibility index (Phi) is 7.12. The van der Waals surface area contributed by atoms with Crippen molar-refractivity contribution >= 4 is 23.4 Å². The molecule has 0 spiro atoms. The van der Waals surface area contributed by atoms with Gasteiger partial charge in [-0.25, -0.2) is 0 Å². The van der Waals surface area contributed by atoms with E-state index in [2.05, 4.69) is 4.74 Å². The second-order valence-corrected chi connectivity index (χ2v) is 8.06. The molecule has 0 bridgehead atoms. The number of carbonyl (C=O) groups excluding carboxylic acids is 1. The molecule has 1 unspecified atom stereocenters. The first-order chi connectivity index (χ1) is 13.9. The highest BCUT2D eigenvalue weighted by Gasteiger charge is 2.35. The van der Waals surface area contributed by atoms with Crippen LogP contribution in [-0.2, 0) is 11.3 Å². The Morgan fingerprint density at radius 3 is 2.66 bits per heavy atom. The largest absolute Gasteiger partial charge is 0.493 e. The standard InChI is InChI=1S/C18H23F2N3O5S/c1-27-15-9-12(14(23(25)26)10-16(15)28-18(19)20)11-22-4-2-3-13(22)17(24)21-5-7-29-8-6-21/h9-10,13,18H,2-8,11H2,1H3. The zero-order valence-electron chi connectivity index (χ0n) is 16.0. The lowest BCUT2D eigenvalue weighted by molar-refractivity contribution is -0.385. The molecule has 11 heteroatoms. The molecular weight excluding hydrogens is 408 g/mol. The van der Waals surface area contributed by atoms with Crippen LogP contribution in [0.5, 0.6) is 11.5 Å². The molecule has 160 valence electrons. The minimum atomic E-state index is -3.13. The zero-order chi connectivity index (χ0) is 21.0. The van der Waals surface area contributed by atoms with Gasteiger partial charge in [-0.15, -0.1) is 0 Å². The van der Waals surface area contributed by atoms with E-state index in [1.54, 1.807) is 0 Å². The van der Waals surface area contributed by atoms with Gasteiger partial charge in [-0.05, 0) is 25.5 Å². The van der Waals surface area contributed by atoms with Crippen LogP contribution in [0.3, 0.4) is 0 Å². The predicted molar refractivity (Wildman–Crippen MR) is 104 cm³/mol. The van der Waals surface area contributed by atoms with Gasteiger partial charge in [0.15, 0.2) is 11.5 Å². The van der Waals surface area contributed by atoms with Crippen LogP contribution in [0.4, 0.5) is 14.5 Å². The van der Waals surface area contributed by atoms with E-state index in [9.17, 15) is 23.7 Å². The van der Waals surface area contributed by atoms with Crippen molar-refractivity contribution in [3.05, 3.63) is 27.8 Å². The maximum Gasteiger partial charge on any atom is 0.387 e. The number of hydrogen-bond acceptors (Lipinski definition) is 7. The molecular formula is C18H23F2N3O5S. The second-order valence-electron chi connectivity index (χ2n) is 6.83. The summed E-state index contributed by atoms with van der Waals surface area (Å²) in [5, 5.41) is 11.5. The van der Waals surface area contributed by atoms with Crippen molar-refractivity contribution in [3.63, 3.8) is 0 Å². The molecule has 0 saturated carbocycles. The summed E-state index contributed by atoms with van der Waals surface area (Å²) < 4.78 is 34.7. The summed E-state index contributed by atoms with van der Waals surface area (Å²) in [7, 11) is 1.28. The van der Waals surface area contributed by atoms with Crippen LogP contribution < -0.4 is 9.47 Å². The van der Waals surface area contributed by atoms with Crippen molar-refractivity contribution in [2.45, 2.75) is 32.0 Å². The summed E-state index contributed by atoms with van der Waals surface area (Å²) in [6, 6.07) is 1.96. The topological polar surface area (TPSA) is 85.2 Å². The Morgan fingerprint density at radius 2 is 2.03 bits per heavy atom. The maximum atomic E-state index is 12.9. The van der Waals surface area contributed by atoms with Gasteiger partial charge in [0.05, 0.1) is 24.1 Å². The monoisotopic (exact) mass is 431 g/mol. The highest BCUT2D eigenvalue weighted by molar-refractivity contribution is 7.99. The van der Waals surface area contributed by atoms with Crippen molar-refractivity contribution in [1.82, 2.24) is 9.80 Å². The number of methoxy groups -OCH3 is 1. The Labute approximate surface area is 171 Å². The highest BCUT2D eigenvalue weighted by Crippen LogP contribution is 2.37. The molecule has 29 heavy (non-hydrogen) atoms. The first kappa shape index (κ1) is 21.6. The molecule has 0 N–H and O–H groups in total. The molecule has 2 aliphatic heterocycles. The van der Waals surface area contributed by atoms with E-state index < -0.39 is 17.3 Å². The lowest BCUT2D eigenvalue weighted by atomic mass is 10.1. The number of nitro groups is 1. The molecule has 1 aromatic carbocycles. The van der Waals surface area contributed by atoms with Crippen LogP contribution in [0.1, 0.15) is 18.4 Å². The number of nitro benzene ring substituents is 1. The quantitative estimate of drug-likeness (QED) is 0.485. The molecule has 2 saturated heterocycles. The molecule has 2 aliphatic rings. The second kappa shape index (κ2) is 9.57. The SMILES string of the molecule is COc1cc(CN2CCCC2C(=O)N2CCSCC2)c([N+](=O)[O-])cc1OC(F)F. The molecule has 0 aromatic heterocycles. The van der Waals surface area contributed by atoms with E-state index in [0.717, 1.165) is 24.0 Å². The van der Waals surface area contributed by atoms with Gasteiger partial charge < -0.3 is 14.4 Å². The van der Waals surface area contributed by atoms with Crippen LogP contribution in [0.15, 0.2) is 12.1 Å². The van der Waals surface area contributed by atoms with Gasteiger partial charge in [0.25, 0.3) is 5.69 Å². The highest BCUT2D eigenvalue weighted by atomic mass is 32.2. The Morgan fingerprint density at radius 1 is 1.31 bits per heavy atom. The van der Waals surface area contributed by atoms with E-state index in [0.29, 0.717) is 31.6 Å².